The first-order valence-electron chi connectivity index (χ1n) is 7.97. The van der Waals surface area contributed by atoms with Gasteiger partial charge in [0.2, 0.25) is 0 Å². The predicted octanol–water partition coefficient (Wildman–Crippen LogP) is 3.32. The Bertz CT molecular complexity index is 820. The van der Waals surface area contributed by atoms with Crippen LogP contribution >= 0.6 is 11.8 Å². The van der Waals surface area contributed by atoms with Crippen molar-refractivity contribution in [2.45, 2.75) is 11.8 Å². The minimum Gasteiger partial charge on any atom is -0.347 e. The fourth-order valence-corrected chi connectivity index (χ4v) is 3.46. The molecule has 0 radical (unpaired) electrons. The van der Waals surface area contributed by atoms with E-state index in [4.69, 9.17) is 0 Å². The molecule has 0 heterocycles. The number of amides is 1. The van der Waals surface area contributed by atoms with Crippen LogP contribution in [0.15, 0.2) is 72.8 Å². The fraction of sp³-hybridized carbons (Fsp3) is 0.150. The molecule has 3 aromatic carbocycles. The largest absolute Gasteiger partial charge is 0.347 e. The Labute approximate surface area is 146 Å². The number of carbonyl (C=O) groups is 1. The van der Waals surface area contributed by atoms with E-state index >= 15 is 0 Å². The molecule has 122 valence electrons. The summed E-state index contributed by atoms with van der Waals surface area (Å²) < 4.78 is 0. The second kappa shape index (κ2) is 7.99. The van der Waals surface area contributed by atoms with Crippen molar-refractivity contribution in [2.24, 2.45) is 0 Å². The van der Waals surface area contributed by atoms with Gasteiger partial charge in [-0.15, -0.1) is 0 Å². The summed E-state index contributed by atoms with van der Waals surface area (Å²) in [5.41, 5.74) is 6.08. The standard InChI is InChI=1S/C20H20N2OS/c21-19(14-24-13-15-6-2-1-3-7-15)20(23)22-18-11-10-16-8-4-5-9-17(16)12-18/h1-12,19H,13-14,21H2,(H,22,23)/p+1/t19-/m1/s1. The van der Waals surface area contributed by atoms with Crippen molar-refractivity contribution in [2.75, 3.05) is 11.1 Å². The highest BCUT2D eigenvalue weighted by molar-refractivity contribution is 7.98. The molecule has 1 amide bonds. The molecule has 0 aromatic heterocycles. The molecule has 3 rings (SSSR count). The van der Waals surface area contributed by atoms with Crippen LogP contribution in [0.4, 0.5) is 5.69 Å². The number of nitrogens with one attached hydrogen (secondary N) is 1. The van der Waals surface area contributed by atoms with Gasteiger partial charge in [-0.05, 0) is 28.5 Å². The van der Waals surface area contributed by atoms with Crippen LogP contribution in [0.3, 0.4) is 0 Å². The van der Waals surface area contributed by atoms with Crippen molar-refractivity contribution in [1.29, 1.82) is 0 Å². The van der Waals surface area contributed by atoms with E-state index in [-0.39, 0.29) is 11.9 Å². The third kappa shape index (κ3) is 4.37. The summed E-state index contributed by atoms with van der Waals surface area (Å²) in [5.74, 6) is 1.57. The zero-order valence-electron chi connectivity index (χ0n) is 13.4. The molecule has 0 fully saturated rings. The number of hydrogen-bond acceptors (Lipinski definition) is 2. The maximum absolute atomic E-state index is 12.3. The van der Waals surface area contributed by atoms with Gasteiger partial charge in [0.15, 0.2) is 6.04 Å². The summed E-state index contributed by atoms with van der Waals surface area (Å²) in [6.07, 6.45) is 0. The summed E-state index contributed by atoms with van der Waals surface area (Å²) in [6.45, 7) is 0. The summed E-state index contributed by atoms with van der Waals surface area (Å²) in [6, 6.07) is 24.1. The van der Waals surface area contributed by atoms with Crippen molar-refractivity contribution < 1.29 is 10.5 Å². The molecule has 0 unspecified atom stereocenters. The van der Waals surface area contributed by atoms with Gasteiger partial charge in [0.1, 0.15) is 0 Å². The van der Waals surface area contributed by atoms with Crippen molar-refractivity contribution in [1.82, 2.24) is 0 Å². The number of carbonyl (C=O) groups excluding carboxylic acids is 1. The number of hydrogen-bond donors (Lipinski definition) is 2. The van der Waals surface area contributed by atoms with E-state index in [1.165, 1.54) is 10.9 Å². The van der Waals surface area contributed by atoms with Crippen LogP contribution in [-0.2, 0) is 10.5 Å². The number of fused-ring (bicyclic) bond motifs is 1. The van der Waals surface area contributed by atoms with Gasteiger partial charge in [-0.1, -0.05) is 60.7 Å². The second-order valence-electron chi connectivity index (χ2n) is 5.75. The molecule has 0 saturated heterocycles. The number of benzene rings is 3. The molecule has 4 heteroatoms. The second-order valence-corrected chi connectivity index (χ2v) is 6.78. The van der Waals surface area contributed by atoms with Gasteiger partial charge in [-0.25, -0.2) is 0 Å². The molecule has 3 nitrogen and oxygen atoms in total. The van der Waals surface area contributed by atoms with E-state index < -0.39 is 0 Å². The first-order valence-corrected chi connectivity index (χ1v) is 9.12. The SMILES string of the molecule is [NH3+][C@H](CSCc1ccccc1)C(=O)Nc1ccc2ccccc2c1. The number of anilines is 1. The van der Waals surface area contributed by atoms with Gasteiger partial charge < -0.3 is 11.1 Å². The highest BCUT2D eigenvalue weighted by Crippen LogP contribution is 2.19. The monoisotopic (exact) mass is 337 g/mol. The topological polar surface area (TPSA) is 56.7 Å². The lowest BCUT2D eigenvalue weighted by Gasteiger charge is -2.10. The van der Waals surface area contributed by atoms with Gasteiger partial charge in [0, 0.05) is 11.4 Å². The lowest BCUT2D eigenvalue weighted by molar-refractivity contribution is -0.395. The van der Waals surface area contributed by atoms with E-state index in [9.17, 15) is 4.79 Å². The Kier molecular flexibility index (Phi) is 5.51. The van der Waals surface area contributed by atoms with Crippen LogP contribution in [0.5, 0.6) is 0 Å². The van der Waals surface area contributed by atoms with Gasteiger partial charge in [-0.3, -0.25) is 4.79 Å². The summed E-state index contributed by atoms with van der Waals surface area (Å²) in [7, 11) is 0. The predicted molar refractivity (Wildman–Crippen MR) is 102 cm³/mol. The molecule has 0 aliphatic rings. The van der Waals surface area contributed by atoms with E-state index in [0.29, 0.717) is 5.75 Å². The molecule has 24 heavy (non-hydrogen) atoms. The van der Waals surface area contributed by atoms with Crippen molar-refractivity contribution in [3.05, 3.63) is 78.4 Å². The quantitative estimate of drug-likeness (QED) is 0.725. The van der Waals surface area contributed by atoms with Crippen LogP contribution in [0.25, 0.3) is 10.8 Å². The maximum atomic E-state index is 12.3. The Balaban J connectivity index is 1.53. The van der Waals surface area contributed by atoms with Gasteiger partial charge in [0.05, 0.1) is 5.75 Å². The minimum atomic E-state index is -0.273. The van der Waals surface area contributed by atoms with Crippen LogP contribution in [0.2, 0.25) is 0 Å². The molecule has 0 aliphatic carbocycles. The molecular formula is C20H21N2OS+. The van der Waals surface area contributed by atoms with Crippen molar-refractivity contribution in [3.8, 4) is 0 Å². The zero-order chi connectivity index (χ0) is 16.8. The van der Waals surface area contributed by atoms with E-state index in [2.05, 4.69) is 29.2 Å². The first-order chi connectivity index (χ1) is 11.7. The van der Waals surface area contributed by atoms with Crippen LogP contribution in [0.1, 0.15) is 5.56 Å². The Morgan fingerprint density at radius 1 is 0.958 bits per heavy atom. The third-order valence-electron chi connectivity index (χ3n) is 3.82. The highest BCUT2D eigenvalue weighted by Gasteiger charge is 2.17. The smallest absolute Gasteiger partial charge is 0.283 e. The molecule has 0 aliphatic heterocycles. The third-order valence-corrected chi connectivity index (χ3v) is 4.99. The molecule has 0 saturated carbocycles. The number of rotatable bonds is 6. The lowest BCUT2D eigenvalue weighted by Crippen LogP contribution is -2.67. The van der Waals surface area contributed by atoms with E-state index in [1.54, 1.807) is 11.8 Å². The van der Waals surface area contributed by atoms with Gasteiger partial charge in [-0.2, -0.15) is 11.8 Å². The molecule has 3 aromatic rings. The van der Waals surface area contributed by atoms with Crippen molar-refractivity contribution >= 4 is 34.1 Å². The summed E-state index contributed by atoms with van der Waals surface area (Å²) in [4.78, 5) is 12.3. The lowest BCUT2D eigenvalue weighted by atomic mass is 10.1. The maximum Gasteiger partial charge on any atom is 0.283 e. The molecular weight excluding hydrogens is 316 g/mol. The van der Waals surface area contributed by atoms with Crippen molar-refractivity contribution in [3.63, 3.8) is 0 Å². The van der Waals surface area contributed by atoms with Crippen LogP contribution in [0, 0.1) is 0 Å². The summed E-state index contributed by atoms with van der Waals surface area (Å²) in [5, 5.41) is 5.25. The normalized spacial score (nSPS) is 12.0. The Hall–Kier alpha value is -2.30. The van der Waals surface area contributed by atoms with E-state index in [0.717, 1.165) is 16.8 Å². The first kappa shape index (κ1) is 16.6. The minimum absolute atomic E-state index is 0.0363. The fourth-order valence-electron chi connectivity index (χ4n) is 2.48. The average Bonchev–Trinajstić information content (AvgIpc) is 2.62. The number of thioether (sulfide) groups is 1. The van der Waals surface area contributed by atoms with Crippen LogP contribution in [-0.4, -0.2) is 17.7 Å². The number of quaternary nitrogens is 1. The Morgan fingerprint density at radius 3 is 2.46 bits per heavy atom. The Morgan fingerprint density at radius 2 is 1.67 bits per heavy atom. The molecule has 4 N–H and O–H groups in total. The molecule has 0 bridgehead atoms. The summed E-state index contributed by atoms with van der Waals surface area (Å²) >= 11 is 1.73. The molecule has 1 atom stereocenters. The van der Waals surface area contributed by atoms with Crippen LogP contribution < -0.4 is 11.1 Å². The average molecular weight is 337 g/mol. The zero-order valence-corrected chi connectivity index (χ0v) is 14.3. The van der Waals surface area contributed by atoms with Gasteiger partial charge in [0.25, 0.3) is 5.91 Å². The molecule has 0 spiro atoms. The highest BCUT2D eigenvalue weighted by atomic mass is 32.2. The van der Waals surface area contributed by atoms with E-state index in [1.807, 2.05) is 54.6 Å². The van der Waals surface area contributed by atoms with Gasteiger partial charge >= 0.3 is 0 Å².